The molecule has 4 N–H and O–H groups in total. The van der Waals surface area contributed by atoms with Gasteiger partial charge in [-0.15, -0.1) is 0 Å². The lowest BCUT2D eigenvalue weighted by atomic mass is 10.1. The van der Waals surface area contributed by atoms with E-state index in [-0.39, 0.29) is 19.4 Å². The number of carboxylic acid groups (broad SMARTS) is 1. The van der Waals surface area contributed by atoms with Crippen LogP contribution in [-0.2, 0) is 37.5 Å². The van der Waals surface area contributed by atoms with Crippen molar-refractivity contribution in [2.75, 3.05) is 19.8 Å². The molecule has 0 heterocycles. The summed E-state index contributed by atoms with van der Waals surface area (Å²) in [5, 5.41) is 8.89. The molecule has 0 saturated heterocycles. The zero-order valence-corrected chi connectivity index (χ0v) is 36.1. The van der Waals surface area contributed by atoms with Gasteiger partial charge in [0.05, 0.1) is 13.2 Å². The number of ether oxygens (including phenoxy) is 2. The zero-order chi connectivity index (χ0) is 41.4. The first kappa shape index (κ1) is 53.7. The molecule has 0 rings (SSSR count). The predicted octanol–water partition coefficient (Wildman–Crippen LogP) is 11.6. The van der Waals surface area contributed by atoms with Gasteiger partial charge in [0.15, 0.2) is 6.10 Å². The lowest BCUT2D eigenvalue weighted by Gasteiger charge is -2.20. The Hall–Kier alpha value is -2.30. The SMILES string of the molecule is CCCC/C=C/CCCCCCCCCCCC(=O)O[C@H](COC(=O)CCCCCCCCC/C=C/C/C=C/CCCCC)COP(=O)(O)OC[C@H](N)C(=O)O. The summed E-state index contributed by atoms with van der Waals surface area (Å²) in [5.74, 6) is -2.39. The highest BCUT2D eigenvalue weighted by Gasteiger charge is 2.28. The first-order valence-electron chi connectivity index (χ1n) is 22.0. The minimum atomic E-state index is -4.72. The van der Waals surface area contributed by atoms with E-state index in [1.165, 1.54) is 103 Å². The average Bonchev–Trinajstić information content (AvgIpc) is 3.17. The van der Waals surface area contributed by atoms with Gasteiger partial charge >= 0.3 is 25.7 Å². The molecule has 0 aromatic heterocycles. The van der Waals surface area contributed by atoms with E-state index >= 15 is 0 Å². The van der Waals surface area contributed by atoms with E-state index in [0.717, 1.165) is 51.4 Å². The zero-order valence-electron chi connectivity index (χ0n) is 35.2. The van der Waals surface area contributed by atoms with Crippen LogP contribution in [0.3, 0.4) is 0 Å². The Labute approximate surface area is 340 Å². The highest BCUT2D eigenvalue weighted by Crippen LogP contribution is 2.43. The molecule has 0 bridgehead atoms. The number of carboxylic acids is 1. The van der Waals surface area contributed by atoms with Crippen LogP contribution in [0.4, 0.5) is 0 Å². The molecular formula is C44H80NO10P. The summed E-state index contributed by atoms with van der Waals surface area (Å²) in [6, 6.07) is -1.52. The number of nitrogens with two attached hydrogens (primary N) is 1. The van der Waals surface area contributed by atoms with E-state index < -0.39 is 51.1 Å². The summed E-state index contributed by atoms with van der Waals surface area (Å²) in [6.45, 7) is 2.74. The monoisotopic (exact) mass is 814 g/mol. The van der Waals surface area contributed by atoms with Gasteiger partial charge in [-0.3, -0.25) is 23.4 Å². The highest BCUT2D eigenvalue weighted by atomic mass is 31.2. The third kappa shape index (κ3) is 38.6. The van der Waals surface area contributed by atoms with Crippen molar-refractivity contribution in [1.29, 1.82) is 0 Å². The fraction of sp³-hybridized carbons (Fsp3) is 0.795. The van der Waals surface area contributed by atoms with Gasteiger partial charge in [0, 0.05) is 12.8 Å². The third-order valence-corrected chi connectivity index (χ3v) is 10.3. The molecule has 0 saturated carbocycles. The van der Waals surface area contributed by atoms with Gasteiger partial charge in [-0.05, 0) is 64.2 Å². The summed E-state index contributed by atoms with van der Waals surface area (Å²) in [7, 11) is -4.72. The van der Waals surface area contributed by atoms with Crippen molar-refractivity contribution >= 4 is 25.7 Å². The van der Waals surface area contributed by atoms with Crippen molar-refractivity contribution < 1.29 is 47.5 Å². The van der Waals surface area contributed by atoms with E-state index in [0.29, 0.717) is 12.8 Å². The number of unbranched alkanes of at least 4 members (excludes halogenated alkanes) is 21. The first-order chi connectivity index (χ1) is 27.1. The minimum absolute atomic E-state index is 0.157. The average molecular weight is 814 g/mol. The van der Waals surface area contributed by atoms with E-state index in [4.69, 9.17) is 24.8 Å². The maximum atomic E-state index is 12.6. The fourth-order valence-corrected chi connectivity index (χ4v) is 6.62. The first-order valence-corrected chi connectivity index (χ1v) is 23.5. The molecule has 0 spiro atoms. The van der Waals surface area contributed by atoms with Crippen LogP contribution in [0.5, 0.6) is 0 Å². The number of esters is 2. The number of carbonyl (C=O) groups is 3. The molecule has 12 heteroatoms. The number of hydrogen-bond donors (Lipinski definition) is 3. The van der Waals surface area contributed by atoms with Crippen LogP contribution < -0.4 is 5.73 Å². The second kappa shape index (κ2) is 39.5. The van der Waals surface area contributed by atoms with Crippen molar-refractivity contribution in [2.45, 2.75) is 206 Å². The Morgan fingerprint density at radius 3 is 1.46 bits per heavy atom. The topological polar surface area (TPSA) is 172 Å². The normalized spacial score (nSPS) is 14.1. The minimum Gasteiger partial charge on any atom is -0.480 e. The van der Waals surface area contributed by atoms with Crippen molar-refractivity contribution in [2.24, 2.45) is 5.73 Å². The van der Waals surface area contributed by atoms with E-state index in [1.54, 1.807) is 0 Å². The smallest absolute Gasteiger partial charge is 0.472 e. The highest BCUT2D eigenvalue weighted by molar-refractivity contribution is 7.47. The maximum Gasteiger partial charge on any atom is 0.472 e. The van der Waals surface area contributed by atoms with E-state index in [2.05, 4.69) is 54.8 Å². The van der Waals surface area contributed by atoms with Crippen LogP contribution in [0.1, 0.15) is 194 Å². The van der Waals surface area contributed by atoms with Crippen LogP contribution in [0.25, 0.3) is 0 Å². The molecule has 0 aliphatic carbocycles. The summed E-state index contributed by atoms with van der Waals surface area (Å²) >= 11 is 0. The molecule has 0 aliphatic heterocycles. The van der Waals surface area contributed by atoms with Crippen LogP contribution in [0.15, 0.2) is 36.5 Å². The van der Waals surface area contributed by atoms with Gasteiger partial charge in [0.25, 0.3) is 0 Å². The molecule has 3 atom stereocenters. The van der Waals surface area contributed by atoms with Gasteiger partial charge in [0.1, 0.15) is 12.6 Å². The van der Waals surface area contributed by atoms with Crippen LogP contribution in [0, 0.1) is 0 Å². The van der Waals surface area contributed by atoms with Crippen molar-refractivity contribution in [3.05, 3.63) is 36.5 Å². The van der Waals surface area contributed by atoms with Gasteiger partial charge in [-0.1, -0.05) is 153 Å². The van der Waals surface area contributed by atoms with Crippen molar-refractivity contribution in [3.63, 3.8) is 0 Å². The molecule has 0 amide bonds. The number of aliphatic carboxylic acids is 1. The lowest BCUT2D eigenvalue weighted by Crippen LogP contribution is -2.34. The van der Waals surface area contributed by atoms with Gasteiger partial charge in [-0.2, -0.15) is 0 Å². The molecular weight excluding hydrogens is 733 g/mol. The molecule has 0 aliphatic rings. The Morgan fingerprint density at radius 1 is 0.554 bits per heavy atom. The van der Waals surface area contributed by atoms with Gasteiger partial charge in [-0.25, -0.2) is 4.57 Å². The summed E-state index contributed by atoms with van der Waals surface area (Å²) in [6.07, 6.45) is 42.0. The number of allylic oxidation sites excluding steroid dienone is 6. The molecule has 326 valence electrons. The summed E-state index contributed by atoms with van der Waals surface area (Å²) in [5.41, 5.74) is 5.33. The van der Waals surface area contributed by atoms with Crippen LogP contribution in [-0.4, -0.2) is 59.9 Å². The van der Waals surface area contributed by atoms with E-state index in [1.807, 2.05) is 0 Å². The standard InChI is InChI=1S/C44H80NO10P/c1-3-5-7-9-11-13-15-17-19-20-22-23-25-27-29-31-33-35-42(46)52-37-40(38-53-56(50,51)54-39-41(45)44(48)49)55-43(47)36-34-32-30-28-26-24-21-18-16-14-12-10-8-6-4-2/h10-13,17,19,40-41H,3-9,14-16,18,20-39,45H2,1-2H3,(H,48,49)(H,50,51)/b12-10+,13-11+,19-17+/t40-,41+/m1/s1. The second-order valence-corrected chi connectivity index (χ2v) is 16.3. The molecule has 56 heavy (non-hydrogen) atoms. The Kier molecular flexibility index (Phi) is 37.9. The van der Waals surface area contributed by atoms with Crippen LogP contribution >= 0.6 is 7.82 Å². The number of carbonyl (C=O) groups excluding carboxylic acids is 2. The number of hydrogen-bond acceptors (Lipinski definition) is 9. The third-order valence-electron chi connectivity index (χ3n) is 9.36. The number of phosphoric ester groups is 1. The van der Waals surface area contributed by atoms with Gasteiger partial charge < -0.3 is 25.2 Å². The maximum absolute atomic E-state index is 12.6. The second-order valence-electron chi connectivity index (χ2n) is 14.8. The number of rotatable bonds is 41. The molecule has 0 radical (unpaired) electrons. The molecule has 0 fully saturated rings. The number of phosphoric acid groups is 1. The van der Waals surface area contributed by atoms with Crippen LogP contribution in [0.2, 0.25) is 0 Å². The largest absolute Gasteiger partial charge is 0.480 e. The molecule has 0 aromatic rings. The summed E-state index contributed by atoms with van der Waals surface area (Å²) < 4.78 is 32.7. The van der Waals surface area contributed by atoms with Crippen molar-refractivity contribution in [3.8, 4) is 0 Å². The van der Waals surface area contributed by atoms with Gasteiger partial charge in [0.2, 0.25) is 0 Å². The molecule has 1 unspecified atom stereocenters. The Morgan fingerprint density at radius 2 is 0.964 bits per heavy atom. The van der Waals surface area contributed by atoms with E-state index in [9.17, 15) is 23.8 Å². The molecule has 11 nitrogen and oxygen atoms in total. The molecule has 0 aromatic carbocycles. The van der Waals surface area contributed by atoms with Crippen molar-refractivity contribution in [1.82, 2.24) is 0 Å². The predicted molar refractivity (Wildman–Crippen MR) is 226 cm³/mol. The quantitative estimate of drug-likeness (QED) is 0.0232. The Balaban J connectivity index is 4.36. The summed E-state index contributed by atoms with van der Waals surface area (Å²) in [4.78, 5) is 46.0. The Bertz CT molecular complexity index is 1100. The lowest BCUT2D eigenvalue weighted by molar-refractivity contribution is -0.161. The fourth-order valence-electron chi connectivity index (χ4n) is 5.84.